The number of halogens is 3. The summed E-state index contributed by atoms with van der Waals surface area (Å²) < 4.78 is 48.9. The van der Waals surface area contributed by atoms with Gasteiger partial charge in [-0.05, 0) is 19.1 Å². The molecule has 4 rings (SSSR count). The van der Waals surface area contributed by atoms with Crippen molar-refractivity contribution in [3.05, 3.63) is 48.0 Å². The Bertz CT molecular complexity index is 927. The predicted octanol–water partition coefficient (Wildman–Crippen LogP) is 2.96. The molecular weight excluding hydrogens is 389 g/mol. The summed E-state index contributed by atoms with van der Waals surface area (Å²) in [6.07, 6.45) is -2.30. The Balaban J connectivity index is 1.37. The molecular formula is C19H19F3N4O3. The van der Waals surface area contributed by atoms with Crippen LogP contribution in [0.15, 0.2) is 36.5 Å². The molecule has 2 amide bonds. The third kappa shape index (κ3) is 4.01. The van der Waals surface area contributed by atoms with Gasteiger partial charge in [0.25, 0.3) is 0 Å². The van der Waals surface area contributed by atoms with Crippen molar-refractivity contribution in [1.82, 2.24) is 15.2 Å². The number of ether oxygens (including phenoxy) is 2. The zero-order chi connectivity index (χ0) is 20.6. The molecule has 0 spiro atoms. The lowest BCUT2D eigenvalue weighted by atomic mass is 10.1. The number of urea groups is 1. The number of rotatable bonds is 3. The van der Waals surface area contributed by atoms with Gasteiger partial charge in [-0.15, -0.1) is 8.78 Å². The van der Waals surface area contributed by atoms with E-state index in [0.29, 0.717) is 30.9 Å². The van der Waals surface area contributed by atoms with Crippen molar-refractivity contribution >= 4 is 11.7 Å². The second-order valence-corrected chi connectivity index (χ2v) is 6.90. The minimum absolute atomic E-state index is 0.0178. The van der Waals surface area contributed by atoms with E-state index in [1.807, 2.05) is 11.8 Å². The summed E-state index contributed by atoms with van der Waals surface area (Å²) in [5, 5.41) is 2.74. The number of carbonyl (C=O) groups is 1. The van der Waals surface area contributed by atoms with Gasteiger partial charge in [-0.2, -0.15) is 4.39 Å². The minimum Gasteiger partial charge on any atom is -0.395 e. The van der Waals surface area contributed by atoms with Crippen molar-refractivity contribution in [3.63, 3.8) is 0 Å². The Kier molecular flexibility index (Phi) is 4.85. The van der Waals surface area contributed by atoms with Crippen LogP contribution in [0.3, 0.4) is 0 Å². The molecule has 0 radical (unpaired) electrons. The number of nitrogens with one attached hydrogen (secondary N) is 1. The van der Waals surface area contributed by atoms with Crippen molar-refractivity contribution in [3.8, 4) is 11.5 Å². The highest BCUT2D eigenvalue weighted by atomic mass is 19.3. The van der Waals surface area contributed by atoms with Crippen LogP contribution in [0, 0.1) is 5.95 Å². The van der Waals surface area contributed by atoms with Gasteiger partial charge in [0.05, 0.1) is 0 Å². The van der Waals surface area contributed by atoms with Crippen molar-refractivity contribution in [2.45, 2.75) is 25.8 Å². The summed E-state index contributed by atoms with van der Waals surface area (Å²) in [6, 6.07) is 7.15. The number of hydrogen-bond donors (Lipinski definition) is 1. The van der Waals surface area contributed by atoms with Crippen LogP contribution < -0.4 is 19.7 Å². The molecule has 1 N–H and O–H groups in total. The fourth-order valence-corrected chi connectivity index (χ4v) is 3.52. The van der Waals surface area contributed by atoms with Crippen LogP contribution in [0.25, 0.3) is 0 Å². The first-order chi connectivity index (χ1) is 13.8. The van der Waals surface area contributed by atoms with Crippen LogP contribution in [0.4, 0.5) is 23.7 Å². The Morgan fingerprint density at radius 1 is 1.31 bits per heavy atom. The maximum Gasteiger partial charge on any atom is 0.586 e. The second-order valence-electron chi connectivity index (χ2n) is 6.90. The SMILES string of the molecule is C[C@@H]1CN(c2ccnc(F)c2)CCN1C(=O)NCc1cccc2c1OC(F)(F)O2. The summed E-state index contributed by atoms with van der Waals surface area (Å²) in [5.41, 5.74) is 1.11. The number of alkyl halides is 2. The van der Waals surface area contributed by atoms with Crippen LogP contribution in [0.2, 0.25) is 0 Å². The Morgan fingerprint density at radius 3 is 2.90 bits per heavy atom. The zero-order valence-corrected chi connectivity index (χ0v) is 15.6. The van der Waals surface area contributed by atoms with E-state index in [9.17, 15) is 18.0 Å². The summed E-state index contributed by atoms with van der Waals surface area (Å²) in [4.78, 5) is 19.8. The molecule has 7 nitrogen and oxygen atoms in total. The van der Waals surface area contributed by atoms with E-state index in [-0.39, 0.29) is 30.1 Å². The first kappa shape index (κ1) is 19.2. The van der Waals surface area contributed by atoms with Gasteiger partial charge in [0.2, 0.25) is 5.95 Å². The van der Waals surface area contributed by atoms with Crippen molar-refractivity contribution < 1.29 is 27.4 Å². The molecule has 2 aromatic rings. The summed E-state index contributed by atoms with van der Waals surface area (Å²) in [5.74, 6) is -0.689. The monoisotopic (exact) mass is 408 g/mol. The molecule has 154 valence electrons. The largest absolute Gasteiger partial charge is 0.586 e. The van der Waals surface area contributed by atoms with Crippen molar-refractivity contribution in [2.75, 3.05) is 24.5 Å². The number of aromatic nitrogens is 1. The van der Waals surface area contributed by atoms with Gasteiger partial charge in [0.1, 0.15) is 0 Å². The molecule has 0 unspecified atom stereocenters. The maximum absolute atomic E-state index is 13.4. The van der Waals surface area contributed by atoms with Gasteiger partial charge < -0.3 is 24.6 Å². The molecule has 2 aliphatic rings. The first-order valence-electron chi connectivity index (χ1n) is 9.11. The maximum atomic E-state index is 13.4. The second kappa shape index (κ2) is 7.34. The van der Waals surface area contributed by atoms with E-state index in [2.05, 4.69) is 19.8 Å². The molecule has 0 bridgehead atoms. The van der Waals surface area contributed by atoms with Gasteiger partial charge in [0.15, 0.2) is 11.5 Å². The highest BCUT2D eigenvalue weighted by Gasteiger charge is 2.44. The van der Waals surface area contributed by atoms with Crippen LogP contribution in [0.5, 0.6) is 11.5 Å². The van der Waals surface area contributed by atoms with E-state index in [1.54, 1.807) is 23.1 Å². The fourth-order valence-electron chi connectivity index (χ4n) is 3.52. The average molecular weight is 408 g/mol. The summed E-state index contributed by atoms with van der Waals surface area (Å²) >= 11 is 0. The number of nitrogens with zero attached hydrogens (tertiary/aromatic N) is 3. The molecule has 1 fully saturated rings. The predicted molar refractivity (Wildman–Crippen MR) is 97.5 cm³/mol. The molecule has 3 heterocycles. The molecule has 1 aromatic heterocycles. The van der Waals surface area contributed by atoms with Crippen molar-refractivity contribution in [1.29, 1.82) is 0 Å². The van der Waals surface area contributed by atoms with Gasteiger partial charge >= 0.3 is 12.3 Å². The zero-order valence-electron chi connectivity index (χ0n) is 15.6. The lowest BCUT2D eigenvalue weighted by Gasteiger charge is -2.40. The number of amides is 2. The molecule has 1 atom stereocenters. The number of hydrogen-bond acceptors (Lipinski definition) is 5. The van der Waals surface area contributed by atoms with E-state index < -0.39 is 12.2 Å². The molecule has 0 aliphatic carbocycles. The fraction of sp³-hybridized carbons (Fsp3) is 0.368. The summed E-state index contributed by atoms with van der Waals surface area (Å²) in [7, 11) is 0. The van der Waals surface area contributed by atoms with Gasteiger partial charge in [0, 0.05) is 55.7 Å². The number of para-hydroxylation sites is 1. The van der Waals surface area contributed by atoms with Crippen LogP contribution in [-0.2, 0) is 6.54 Å². The number of anilines is 1. The highest BCUT2D eigenvalue weighted by Crippen LogP contribution is 2.43. The summed E-state index contributed by atoms with van der Waals surface area (Å²) in [6.45, 7) is 3.40. The smallest absolute Gasteiger partial charge is 0.395 e. The van der Waals surface area contributed by atoms with E-state index in [4.69, 9.17) is 0 Å². The third-order valence-electron chi connectivity index (χ3n) is 4.90. The van der Waals surface area contributed by atoms with Gasteiger partial charge in [-0.25, -0.2) is 9.78 Å². The topological polar surface area (TPSA) is 66.9 Å². The van der Waals surface area contributed by atoms with Gasteiger partial charge in [-0.3, -0.25) is 0 Å². The minimum atomic E-state index is -3.71. The molecule has 0 saturated carbocycles. The molecule has 29 heavy (non-hydrogen) atoms. The molecule has 2 aliphatic heterocycles. The normalized spacial score (nSPS) is 19.9. The van der Waals surface area contributed by atoms with E-state index >= 15 is 0 Å². The number of carbonyl (C=O) groups excluding carboxylic acids is 1. The quantitative estimate of drug-likeness (QED) is 0.791. The Hall–Kier alpha value is -3.17. The van der Waals surface area contributed by atoms with Gasteiger partial charge in [-0.1, -0.05) is 12.1 Å². The van der Waals surface area contributed by atoms with Crippen LogP contribution in [-0.4, -0.2) is 47.9 Å². The third-order valence-corrected chi connectivity index (χ3v) is 4.90. The van der Waals surface area contributed by atoms with Crippen LogP contribution in [0.1, 0.15) is 12.5 Å². The van der Waals surface area contributed by atoms with Crippen LogP contribution >= 0.6 is 0 Å². The highest BCUT2D eigenvalue weighted by molar-refractivity contribution is 5.75. The molecule has 1 aromatic carbocycles. The molecule has 1 saturated heterocycles. The average Bonchev–Trinajstić information content (AvgIpc) is 3.00. The lowest BCUT2D eigenvalue weighted by Crippen LogP contribution is -2.56. The van der Waals surface area contributed by atoms with Crippen molar-refractivity contribution in [2.24, 2.45) is 0 Å². The van der Waals surface area contributed by atoms with E-state index in [1.165, 1.54) is 18.3 Å². The Labute approximate surface area is 165 Å². The lowest BCUT2D eigenvalue weighted by molar-refractivity contribution is -0.286. The Morgan fingerprint density at radius 2 is 2.14 bits per heavy atom. The number of benzene rings is 1. The number of piperazine rings is 1. The van der Waals surface area contributed by atoms with E-state index in [0.717, 1.165) is 0 Å². The number of fused-ring (bicyclic) bond motifs is 1. The first-order valence-corrected chi connectivity index (χ1v) is 9.11. The number of pyridine rings is 1. The standard InChI is InChI=1S/C19H19F3N4O3/c1-12-11-25(14-5-6-23-16(20)9-14)7-8-26(12)18(27)24-10-13-3-2-4-15-17(13)29-19(21,22)28-15/h2-6,9,12H,7-8,10-11H2,1H3,(H,24,27)/t12-/m1/s1. The molecule has 10 heteroatoms.